The first kappa shape index (κ1) is 9.49. The topological polar surface area (TPSA) is 21.3 Å². The van der Waals surface area contributed by atoms with Gasteiger partial charge in [0.1, 0.15) is 11.9 Å². The molecule has 1 saturated heterocycles. The van der Waals surface area contributed by atoms with Gasteiger partial charge in [-0.3, -0.25) is 0 Å². The van der Waals surface area contributed by atoms with Crippen molar-refractivity contribution in [2.75, 3.05) is 13.1 Å². The van der Waals surface area contributed by atoms with E-state index in [9.17, 15) is 0 Å². The van der Waals surface area contributed by atoms with Crippen molar-refractivity contribution in [3.8, 4) is 5.75 Å². The molecule has 1 heterocycles. The van der Waals surface area contributed by atoms with Crippen LogP contribution in [0.2, 0.25) is 5.02 Å². The van der Waals surface area contributed by atoms with Crippen LogP contribution in [0.15, 0.2) is 12.1 Å². The lowest BCUT2D eigenvalue weighted by molar-refractivity contribution is 0.141. The summed E-state index contributed by atoms with van der Waals surface area (Å²) in [6.07, 6.45) is 3.83. The van der Waals surface area contributed by atoms with E-state index in [1.165, 1.54) is 24.0 Å². The fraction of sp³-hybridized carbons (Fsp3) is 0.500. The minimum absolute atomic E-state index is 0.314. The Hall–Kier alpha value is -0.730. The predicted octanol–water partition coefficient (Wildman–Crippen LogP) is 2.18. The molecule has 0 atom stereocenters. The maximum Gasteiger partial charge on any atom is 0.141 e. The average Bonchev–Trinajstić information content (AvgIpc) is 2.61. The number of nitrogens with one attached hydrogen (secondary N) is 1. The number of ether oxygens (including phenoxy) is 1. The molecule has 15 heavy (non-hydrogen) atoms. The van der Waals surface area contributed by atoms with Crippen LogP contribution in [0, 0.1) is 0 Å². The maximum atomic E-state index is 6.19. The lowest BCUT2D eigenvalue weighted by Gasteiger charge is -2.29. The van der Waals surface area contributed by atoms with Gasteiger partial charge in [0.15, 0.2) is 0 Å². The lowest BCUT2D eigenvalue weighted by atomic mass is 10.1. The normalized spacial score (nSPS) is 19.8. The monoisotopic (exact) mass is 223 g/mol. The van der Waals surface area contributed by atoms with Gasteiger partial charge in [0, 0.05) is 13.1 Å². The molecular weight excluding hydrogens is 210 g/mol. The summed E-state index contributed by atoms with van der Waals surface area (Å²) in [5, 5.41) is 3.97. The van der Waals surface area contributed by atoms with Crippen molar-refractivity contribution in [2.24, 2.45) is 0 Å². The van der Waals surface area contributed by atoms with Crippen LogP contribution in [-0.2, 0) is 12.8 Å². The van der Waals surface area contributed by atoms with E-state index < -0.39 is 0 Å². The molecule has 0 unspecified atom stereocenters. The van der Waals surface area contributed by atoms with E-state index >= 15 is 0 Å². The van der Waals surface area contributed by atoms with Crippen LogP contribution in [0.25, 0.3) is 0 Å². The number of rotatable bonds is 2. The zero-order valence-corrected chi connectivity index (χ0v) is 9.31. The van der Waals surface area contributed by atoms with Gasteiger partial charge in [-0.2, -0.15) is 0 Å². The first-order chi connectivity index (χ1) is 7.34. The van der Waals surface area contributed by atoms with Crippen molar-refractivity contribution in [2.45, 2.75) is 25.4 Å². The maximum absolute atomic E-state index is 6.19. The molecule has 0 radical (unpaired) electrons. The number of hydrogen-bond acceptors (Lipinski definition) is 2. The average molecular weight is 224 g/mol. The molecule has 2 aliphatic rings. The minimum Gasteiger partial charge on any atom is -0.486 e. The summed E-state index contributed by atoms with van der Waals surface area (Å²) >= 11 is 6.19. The third-order valence-corrected chi connectivity index (χ3v) is 3.51. The molecule has 0 aromatic heterocycles. The van der Waals surface area contributed by atoms with E-state index in [0.29, 0.717) is 6.10 Å². The van der Waals surface area contributed by atoms with E-state index in [0.717, 1.165) is 30.3 Å². The first-order valence-electron chi connectivity index (χ1n) is 5.52. The van der Waals surface area contributed by atoms with Crippen LogP contribution in [0.3, 0.4) is 0 Å². The molecule has 0 bridgehead atoms. The minimum atomic E-state index is 0.314. The summed E-state index contributed by atoms with van der Waals surface area (Å²) in [6.45, 7) is 1.89. The summed E-state index contributed by atoms with van der Waals surface area (Å²) in [4.78, 5) is 0. The zero-order valence-electron chi connectivity index (χ0n) is 8.55. The fourth-order valence-electron chi connectivity index (χ4n) is 2.24. The van der Waals surface area contributed by atoms with Gasteiger partial charge >= 0.3 is 0 Å². The van der Waals surface area contributed by atoms with Crippen molar-refractivity contribution in [1.29, 1.82) is 0 Å². The second kappa shape index (κ2) is 3.69. The van der Waals surface area contributed by atoms with Crippen LogP contribution in [0.5, 0.6) is 5.75 Å². The molecule has 1 fully saturated rings. The quantitative estimate of drug-likeness (QED) is 0.830. The summed E-state index contributed by atoms with van der Waals surface area (Å²) in [7, 11) is 0. The number of halogens is 1. The van der Waals surface area contributed by atoms with Gasteiger partial charge in [-0.15, -0.1) is 0 Å². The highest BCUT2D eigenvalue weighted by atomic mass is 35.5. The molecule has 1 aromatic carbocycles. The van der Waals surface area contributed by atoms with Crippen molar-refractivity contribution in [3.05, 3.63) is 28.3 Å². The van der Waals surface area contributed by atoms with Crippen molar-refractivity contribution in [3.63, 3.8) is 0 Å². The molecule has 80 valence electrons. The van der Waals surface area contributed by atoms with E-state index in [-0.39, 0.29) is 0 Å². The summed E-state index contributed by atoms with van der Waals surface area (Å²) < 4.78 is 5.93. The van der Waals surface area contributed by atoms with Crippen molar-refractivity contribution in [1.82, 2.24) is 5.32 Å². The molecule has 0 amide bonds. The van der Waals surface area contributed by atoms with E-state index in [4.69, 9.17) is 16.3 Å². The molecule has 1 aliphatic heterocycles. The van der Waals surface area contributed by atoms with Crippen molar-refractivity contribution >= 4 is 11.6 Å². The van der Waals surface area contributed by atoms with Gasteiger partial charge in [0.25, 0.3) is 0 Å². The van der Waals surface area contributed by atoms with Crippen LogP contribution in [0.4, 0.5) is 0 Å². The highest BCUT2D eigenvalue weighted by Crippen LogP contribution is 2.37. The second-order valence-electron chi connectivity index (χ2n) is 4.27. The van der Waals surface area contributed by atoms with Crippen LogP contribution in [0.1, 0.15) is 17.5 Å². The van der Waals surface area contributed by atoms with Crippen LogP contribution in [-0.4, -0.2) is 19.2 Å². The smallest absolute Gasteiger partial charge is 0.141 e. The molecular formula is C12H14ClNO. The second-order valence-corrected chi connectivity index (χ2v) is 4.67. The molecule has 3 rings (SSSR count). The fourth-order valence-corrected chi connectivity index (χ4v) is 2.47. The van der Waals surface area contributed by atoms with Gasteiger partial charge in [-0.25, -0.2) is 0 Å². The Balaban J connectivity index is 1.93. The third kappa shape index (κ3) is 1.62. The Morgan fingerprint density at radius 3 is 2.87 bits per heavy atom. The van der Waals surface area contributed by atoms with Gasteiger partial charge in [-0.05, 0) is 36.5 Å². The van der Waals surface area contributed by atoms with Crippen molar-refractivity contribution < 1.29 is 4.74 Å². The third-order valence-electron chi connectivity index (χ3n) is 3.21. The Kier molecular flexibility index (Phi) is 2.33. The highest BCUT2D eigenvalue weighted by molar-refractivity contribution is 6.32. The predicted molar refractivity (Wildman–Crippen MR) is 60.8 cm³/mol. The lowest BCUT2D eigenvalue weighted by Crippen LogP contribution is -2.50. The molecule has 3 heteroatoms. The highest BCUT2D eigenvalue weighted by Gasteiger charge is 2.24. The number of hydrogen-bond donors (Lipinski definition) is 1. The first-order valence-corrected chi connectivity index (χ1v) is 5.90. The standard InChI is InChI=1S/C12H14ClNO/c13-11-5-4-8-2-1-3-10(8)12(11)15-9-6-14-7-9/h4-5,9,14H,1-3,6-7H2. The SMILES string of the molecule is Clc1ccc2c(c1OC1CNC1)CCC2. The van der Waals surface area contributed by atoms with Gasteiger partial charge in [0.05, 0.1) is 5.02 Å². The van der Waals surface area contributed by atoms with E-state index in [2.05, 4.69) is 11.4 Å². The van der Waals surface area contributed by atoms with Gasteiger partial charge in [-0.1, -0.05) is 17.7 Å². The molecule has 1 aliphatic carbocycles. The molecule has 1 N–H and O–H groups in total. The van der Waals surface area contributed by atoms with E-state index in [1.54, 1.807) is 0 Å². The zero-order chi connectivity index (χ0) is 10.3. The number of benzene rings is 1. The molecule has 1 aromatic rings. The van der Waals surface area contributed by atoms with Crippen LogP contribution < -0.4 is 10.1 Å². The Morgan fingerprint density at radius 2 is 2.13 bits per heavy atom. The Labute approximate surface area is 94.6 Å². The Bertz CT molecular complexity index is 387. The summed E-state index contributed by atoms with van der Waals surface area (Å²) in [5.74, 6) is 0.943. The molecule has 2 nitrogen and oxygen atoms in total. The van der Waals surface area contributed by atoms with Gasteiger partial charge in [0.2, 0.25) is 0 Å². The van der Waals surface area contributed by atoms with E-state index in [1.807, 2.05) is 6.07 Å². The number of fused-ring (bicyclic) bond motifs is 1. The summed E-state index contributed by atoms with van der Waals surface area (Å²) in [6, 6.07) is 4.10. The molecule has 0 spiro atoms. The Morgan fingerprint density at radius 1 is 1.27 bits per heavy atom. The molecule has 0 saturated carbocycles. The van der Waals surface area contributed by atoms with Gasteiger partial charge < -0.3 is 10.1 Å². The van der Waals surface area contributed by atoms with Crippen LogP contribution >= 0.6 is 11.6 Å². The largest absolute Gasteiger partial charge is 0.486 e. The summed E-state index contributed by atoms with van der Waals surface area (Å²) in [5.41, 5.74) is 2.76. The number of aryl methyl sites for hydroxylation is 1.